The lowest BCUT2D eigenvalue weighted by molar-refractivity contribution is 0.308. The van der Waals surface area contributed by atoms with Crippen LogP contribution in [0.25, 0.3) is 0 Å². The van der Waals surface area contributed by atoms with Crippen molar-refractivity contribution in [2.75, 3.05) is 19.6 Å². The Hall–Kier alpha value is -0.530. The molecule has 14 heavy (non-hydrogen) atoms. The molecule has 1 nitrogen and oxygen atoms in total. The van der Waals surface area contributed by atoms with Crippen LogP contribution in [0, 0.1) is 0 Å². The summed E-state index contributed by atoms with van der Waals surface area (Å²) in [5, 5.41) is 0.835. The van der Waals surface area contributed by atoms with Gasteiger partial charge in [-0.3, -0.25) is 0 Å². The SMILES string of the molecule is CCN(CC)CCc1cccc(Cl)c1. The standard InChI is InChI=1S/C12H18ClN/c1-3-14(4-2)9-8-11-6-5-7-12(13)10-11/h5-7,10H,3-4,8-9H2,1-2H3. The zero-order chi connectivity index (χ0) is 10.4. The monoisotopic (exact) mass is 211 g/mol. The van der Waals surface area contributed by atoms with Gasteiger partial charge in [-0.2, -0.15) is 0 Å². The molecule has 0 spiro atoms. The van der Waals surface area contributed by atoms with Crippen LogP contribution in [0.3, 0.4) is 0 Å². The van der Waals surface area contributed by atoms with Gasteiger partial charge in [0.1, 0.15) is 0 Å². The van der Waals surface area contributed by atoms with Crippen molar-refractivity contribution >= 4 is 11.6 Å². The number of likely N-dealkylation sites (N-methyl/N-ethyl adjacent to an activating group) is 1. The van der Waals surface area contributed by atoms with Crippen LogP contribution in [0.1, 0.15) is 19.4 Å². The van der Waals surface area contributed by atoms with Gasteiger partial charge in [-0.1, -0.05) is 37.6 Å². The second-order valence-corrected chi connectivity index (χ2v) is 3.84. The highest BCUT2D eigenvalue weighted by Gasteiger charge is 1.99. The normalized spacial score (nSPS) is 10.9. The van der Waals surface area contributed by atoms with E-state index in [1.54, 1.807) is 0 Å². The largest absolute Gasteiger partial charge is 0.304 e. The van der Waals surface area contributed by atoms with Gasteiger partial charge in [-0.05, 0) is 37.2 Å². The fourth-order valence-corrected chi connectivity index (χ4v) is 1.73. The van der Waals surface area contributed by atoms with E-state index in [2.05, 4.69) is 24.8 Å². The van der Waals surface area contributed by atoms with E-state index in [4.69, 9.17) is 11.6 Å². The first-order valence-electron chi connectivity index (χ1n) is 5.23. The van der Waals surface area contributed by atoms with Crippen molar-refractivity contribution in [2.24, 2.45) is 0 Å². The number of benzene rings is 1. The van der Waals surface area contributed by atoms with Gasteiger partial charge in [-0.15, -0.1) is 0 Å². The summed E-state index contributed by atoms with van der Waals surface area (Å²) in [4.78, 5) is 2.42. The first-order chi connectivity index (χ1) is 6.76. The zero-order valence-electron chi connectivity index (χ0n) is 8.96. The van der Waals surface area contributed by atoms with E-state index < -0.39 is 0 Å². The van der Waals surface area contributed by atoms with Gasteiger partial charge in [0, 0.05) is 11.6 Å². The average Bonchev–Trinajstić information content (AvgIpc) is 2.19. The summed E-state index contributed by atoms with van der Waals surface area (Å²) in [6, 6.07) is 8.11. The first-order valence-corrected chi connectivity index (χ1v) is 5.60. The molecule has 0 saturated carbocycles. The van der Waals surface area contributed by atoms with Crippen molar-refractivity contribution < 1.29 is 0 Å². The minimum atomic E-state index is 0.835. The minimum absolute atomic E-state index is 0.835. The van der Waals surface area contributed by atoms with Gasteiger partial charge in [-0.25, -0.2) is 0 Å². The molecular weight excluding hydrogens is 194 g/mol. The van der Waals surface area contributed by atoms with E-state index in [0.717, 1.165) is 31.1 Å². The van der Waals surface area contributed by atoms with Crippen LogP contribution < -0.4 is 0 Å². The Bertz CT molecular complexity index is 269. The third-order valence-corrected chi connectivity index (χ3v) is 2.74. The van der Waals surface area contributed by atoms with E-state index in [-0.39, 0.29) is 0 Å². The molecule has 0 bridgehead atoms. The maximum atomic E-state index is 5.91. The van der Waals surface area contributed by atoms with Crippen LogP contribution in [-0.4, -0.2) is 24.5 Å². The average molecular weight is 212 g/mol. The number of rotatable bonds is 5. The third-order valence-electron chi connectivity index (χ3n) is 2.50. The molecule has 0 heterocycles. The Labute approximate surface area is 91.7 Å². The van der Waals surface area contributed by atoms with E-state index in [9.17, 15) is 0 Å². The summed E-state index contributed by atoms with van der Waals surface area (Å²) < 4.78 is 0. The fraction of sp³-hybridized carbons (Fsp3) is 0.500. The summed E-state index contributed by atoms with van der Waals surface area (Å²) in [5.41, 5.74) is 1.32. The lowest BCUT2D eigenvalue weighted by Gasteiger charge is -2.17. The number of hydrogen-bond donors (Lipinski definition) is 0. The fourth-order valence-electron chi connectivity index (χ4n) is 1.52. The maximum absolute atomic E-state index is 5.91. The quantitative estimate of drug-likeness (QED) is 0.723. The highest BCUT2D eigenvalue weighted by Crippen LogP contribution is 2.11. The number of nitrogens with zero attached hydrogens (tertiary/aromatic N) is 1. The lowest BCUT2D eigenvalue weighted by Crippen LogP contribution is -2.25. The van der Waals surface area contributed by atoms with Gasteiger partial charge in [0.2, 0.25) is 0 Å². The Morgan fingerprint density at radius 2 is 1.93 bits per heavy atom. The molecule has 0 aliphatic rings. The van der Waals surface area contributed by atoms with Crippen molar-refractivity contribution in [1.82, 2.24) is 4.90 Å². The molecule has 0 aliphatic carbocycles. The summed E-state index contributed by atoms with van der Waals surface area (Å²) in [6.45, 7) is 7.75. The second kappa shape index (κ2) is 6.05. The summed E-state index contributed by atoms with van der Waals surface area (Å²) in [7, 11) is 0. The Morgan fingerprint density at radius 1 is 1.21 bits per heavy atom. The first kappa shape index (κ1) is 11.5. The maximum Gasteiger partial charge on any atom is 0.0408 e. The van der Waals surface area contributed by atoms with Crippen LogP contribution >= 0.6 is 11.6 Å². The molecule has 1 rings (SSSR count). The number of halogens is 1. The molecule has 0 atom stereocenters. The molecule has 0 N–H and O–H groups in total. The van der Waals surface area contributed by atoms with E-state index >= 15 is 0 Å². The molecule has 0 aliphatic heterocycles. The second-order valence-electron chi connectivity index (χ2n) is 3.41. The van der Waals surface area contributed by atoms with Crippen LogP contribution in [0.2, 0.25) is 5.02 Å². The van der Waals surface area contributed by atoms with Gasteiger partial charge in [0.25, 0.3) is 0 Å². The Kier molecular flexibility index (Phi) is 4.99. The van der Waals surface area contributed by atoms with Crippen LogP contribution in [0.15, 0.2) is 24.3 Å². The summed E-state index contributed by atoms with van der Waals surface area (Å²) in [6.07, 6.45) is 1.09. The molecule has 0 fully saturated rings. The molecule has 78 valence electrons. The zero-order valence-corrected chi connectivity index (χ0v) is 9.72. The van der Waals surface area contributed by atoms with Crippen LogP contribution in [0.4, 0.5) is 0 Å². The summed E-state index contributed by atoms with van der Waals surface area (Å²) >= 11 is 5.91. The minimum Gasteiger partial charge on any atom is -0.304 e. The highest BCUT2D eigenvalue weighted by atomic mass is 35.5. The predicted octanol–water partition coefficient (Wildman–Crippen LogP) is 3.22. The Balaban J connectivity index is 2.44. The van der Waals surface area contributed by atoms with E-state index in [1.807, 2.05) is 18.2 Å². The van der Waals surface area contributed by atoms with Crippen molar-refractivity contribution in [3.63, 3.8) is 0 Å². The van der Waals surface area contributed by atoms with Crippen molar-refractivity contribution in [2.45, 2.75) is 20.3 Å². The van der Waals surface area contributed by atoms with Crippen molar-refractivity contribution in [3.05, 3.63) is 34.9 Å². The molecule has 2 heteroatoms. The topological polar surface area (TPSA) is 3.24 Å². The molecule has 0 unspecified atom stereocenters. The molecular formula is C12H18ClN. The summed E-state index contributed by atoms with van der Waals surface area (Å²) in [5.74, 6) is 0. The van der Waals surface area contributed by atoms with Crippen LogP contribution in [-0.2, 0) is 6.42 Å². The van der Waals surface area contributed by atoms with Gasteiger partial charge in [0.05, 0.1) is 0 Å². The van der Waals surface area contributed by atoms with Gasteiger partial charge in [0.15, 0.2) is 0 Å². The molecule has 0 aromatic heterocycles. The third kappa shape index (κ3) is 3.69. The van der Waals surface area contributed by atoms with Gasteiger partial charge >= 0.3 is 0 Å². The van der Waals surface area contributed by atoms with Crippen molar-refractivity contribution in [1.29, 1.82) is 0 Å². The van der Waals surface area contributed by atoms with Crippen LogP contribution in [0.5, 0.6) is 0 Å². The molecule has 0 radical (unpaired) electrons. The smallest absolute Gasteiger partial charge is 0.0408 e. The lowest BCUT2D eigenvalue weighted by atomic mass is 10.1. The molecule has 0 amide bonds. The van der Waals surface area contributed by atoms with E-state index in [1.165, 1.54) is 5.56 Å². The Morgan fingerprint density at radius 3 is 2.50 bits per heavy atom. The van der Waals surface area contributed by atoms with E-state index in [0.29, 0.717) is 0 Å². The highest BCUT2D eigenvalue weighted by molar-refractivity contribution is 6.30. The predicted molar refractivity (Wildman–Crippen MR) is 62.9 cm³/mol. The molecule has 0 saturated heterocycles. The molecule has 1 aromatic rings. The molecule has 1 aromatic carbocycles. The van der Waals surface area contributed by atoms with Crippen molar-refractivity contribution in [3.8, 4) is 0 Å². The van der Waals surface area contributed by atoms with Gasteiger partial charge < -0.3 is 4.90 Å². The number of hydrogen-bond acceptors (Lipinski definition) is 1.